The molecule has 0 saturated heterocycles. The summed E-state index contributed by atoms with van der Waals surface area (Å²) in [6.07, 6.45) is 1.91. The summed E-state index contributed by atoms with van der Waals surface area (Å²) in [5.41, 5.74) is 6.92. The smallest absolute Gasteiger partial charge is 0.253 e. The number of hydrogen-bond donors (Lipinski definition) is 3. The lowest BCUT2D eigenvalue weighted by molar-refractivity contribution is 0.0937. The lowest BCUT2D eigenvalue weighted by Crippen LogP contribution is -2.41. The quantitative estimate of drug-likeness (QED) is 0.741. The summed E-state index contributed by atoms with van der Waals surface area (Å²) >= 11 is 1.53. The van der Waals surface area contributed by atoms with Crippen LogP contribution in [0.2, 0.25) is 0 Å². The zero-order valence-electron chi connectivity index (χ0n) is 12.2. The summed E-state index contributed by atoms with van der Waals surface area (Å²) in [5.74, 6) is -0.210. The van der Waals surface area contributed by atoms with Crippen LogP contribution in [0.3, 0.4) is 0 Å². The third-order valence-electron chi connectivity index (χ3n) is 3.56. The summed E-state index contributed by atoms with van der Waals surface area (Å²) in [6.45, 7) is 1.91. The van der Waals surface area contributed by atoms with Crippen LogP contribution < -0.4 is 11.1 Å². The highest BCUT2D eigenvalue weighted by atomic mass is 32.2. The minimum Gasteiger partial charge on any atom is -0.398 e. The maximum absolute atomic E-state index is 12.4. The Labute approximate surface area is 128 Å². The number of carbonyl (C=O) groups is 1. The number of nitrogen functional groups attached to an aromatic ring is 1. The third-order valence-corrected chi connectivity index (χ3v) is 4.72. The van der Waals surface area contributed by atoms with E-state index in [4.69, 9.17) is 5.73 Å². The second-order valence-corrected chi connectivity index (χ2v) is 6.08. The van der Waals surface area contributed by atoms with Gasteiger partial charge in [-0.1, -0.05) is 24.3 Å². The number of nitrogens with one attached hydrogen (secondary N) is 1. The van der Waals surface area contributed by atoms with Crippen LogP contribution in [-0.4, -0.2) is 35.2 Å². The van der Waals surface area contributed by atoms with Gasteiger partial charge in [0.2, 0.25) is 0 Å². The Morgan fingerprint density at radius 3 is 2.52 bits per heavy atom. The fraction of sp³-hybridized carbons (Fsp3) is 0.312. The van der Waals surface area contributed by atoms with E-state index >= 15 is 0 Å². The minimum atomic E-state index is -0.210. The monoisotopic (exact) mass is 304 g/mol. The van der Waals surface area contributed by atoms with E-state index < -0.39 is 0 Å². The standard InChI is InChI=1S/C16H20N2O2S/c1-10(15(9-19)21-2)18-16(20)13-7-11-5-3-4-6-12(11)8-14(13)17/h3-8,10,15,19H,9,17H2,1-2H3,(H,18,20). The zero-order chi connectivity index (χ0) is 15.4. The molecular formula is C16H20N2O2S. The predicted octanol–water partition coefficient (Wildman–Crippen LogP) is 2.26. The molecule has 0 aliphatic rings. The number of aliphatic hydroxyl groups excluding tert-OH is 1. The normalized spacial score (nSPS) is 13.9. The SMILES string of the molecule is CSC(CO)C(C)NC(=O)c1cc2ccccc2cc1N. The van der Waals surface area contributed by atoms with Crippen molar-refractivity contribution in [3.8, 4) is 0 Å². The summed E-state index contributed by atoms with van der Waals surface area (Å²) in [6, 6.07) is 11.3. The van der Waals surface area contributed by atoms with Crippen LogP contribution in [0.1, 0.15) is 17.3 Å². The summed E-state index contributed by atoms with van der Waals surface area (Å²) in [5, 5.41) is 14.1. The molecular weight excluding hydrogens is 284 g/mol. The van der Waals surface area contributed by atoms with E-state index in [2.05, 4.69) is 5.32 Å². The number of hydrogen-bond acceptors (Lipinski definition) is 4. The molecule has 2 atom stereocenters. The first-order valence-electron chi connectivity index (χ1n) is 6.79. The van der Waals surface area contributed by atoms with Gasteiger partial charge in [0.1, 0.15) is 0 Å². The van der Waals surface area contributed by atoms with E-state index in [1.165, 1.54) is 11.8 Å². The Hall–Kier alpha value is -1.72. The number of thioether (sulfide) groups is 1. The van der Waals surface area contributed by atoms with Gasteiger partial charge in [-0.2, -0.15) is 11.8 Å². The highest BCUT2D eigenvalue weighted by molar-refractivity contribution is 7.99. The first-order valence-corrected chi connectivity index (χ1v) is 8.08. The molecule has 0 bridgehead atoms. The van der Waals surface area contributed by atoms with Gasteiger partial charge >= 0.3 is 0 Å². The topological polar surface area (TPSA) is 75.3 Å². The van der Waals surface area contributed by atoms with Crippen molar-refractivity contribution in [2.75, 3.05) is 18.6 Å². The Balaban J connectivity index is 2.25. The van der Waals surface area contributed by atoms with Crippen LogP contribution in [0.15, 0.2) is 36.4 Å². The number of aliphatic hydroxyl groups is 1. The van der Waals surface area contributed by atoms with Gasteiger partial charge in [-0.25, -0.2) is 0 Å². The Morgan fingerprint density at radius 2 is 1.95 bits per heavy atom. The molecule has 2 rings (SSSR count). The van der Waals surface area contributed by atoms with Gasteiger partial charge in [0, 0.05) is 17.0 Å². The molecule has 5 heteroatoms. The van der Waals surface area contributed by atoms with Gasteiger partial charge in [-0.05, 0) is 36.1 Å². The van der Waals surface area contributed by atoms with Gasteiger partial charge in [0.15, 0.2) is 0 Å². The second-order valence-electron chi connectivity index (χ2n) is 5.01. The molecule has 1 amide bonds. The van der Waals surface area contributed by atoms with E-state index in [9.17, 15) is 9.90 Å². The van der Waals surface area contributed by atoms with Crippen LogP contribution in [0.4, 0.5) is 5.69 Å². The zero-order valence-corrected chi connectivity index (χ0v) is 13.0. The van der Waals surface area contributed by atoms with Crippen LogP contribution >= 0.6 is 11.8 Å². The molecule has 4 N–H and O–H groups in total. The van der Waals surface area contributed by atoms with Crippen molar-refractivity contribution in [2.24, 2.45) is 0 Å². The number of amides is 1. The first kappa shape index (κ1) is 15.7. The van der Waals surface area contributed by atoms with Gasteiger partial charge < -0.3 is 16.2 Å². The van der Waals surface area contributed by atoms with Crippen molar-refractivity contribution in [3.63, 3.8) is 0 Å². The number of nitrogens with two attached hydrogens (primary N) is 1. The number of fused-ring (bicyclic) bond motifs is 1. The van der Waals surface area contributed by atoms with E-state index in [1.807, 2.05) is 43.5 Å². The van der Waals surface area contributed by atoms with E-state index in [0.29, 0.717) is 11.3 Å². The number of carbonyl (C=O) groups excluding carboxylic acids is 1. The average molecular weight is 304 g/mol. The van der Waals surface area contributed by atoms with Crippen LogP contribution in [-0.2, 0) is 0 Å². The molecule has 0 fully saturated rings. The third kappa shape index (κ3) is 3.49. The molecule has 0 aliphatic heterocycles. The molecule has 21 heavy (non-hydrogen) atoms. The number of anilines is 1. The fourth-order valence-electron chi connectivity index (χ4n) is 2.27. The first-order chi connectivity index (χ1) is 10.1. The molecule has 0 radical (unpaired) electrons. The second kappa shape index (κ2) is 6.83. The molecule has 2 aromatic rings. The summed E-state index contributed by atoms with van der Waals surface area (Å²) in [7, 11) is 0. The number of rotatable bonds is 5. The van der Waals surface area contributed by atoms with Crippen LogP contribution in [0.5, 0.6) is 0 Å². The van der Waals surface area contributed by atoms with Crippen LogP contribution in [0.25, 0.3) is 10.8 Å². The van der Waals surface area contributed by atoms with Crippen molar-refractivity contribution in [1.82, 2.24) is 5.32 Å². The minimum absolute atomic E-state index is 0.0236. The van der Waals surface area contributed by atoms with Crippen molar-refractivity contribution in [3.05, 3.63) is 42.0 Å². The molecule has 0 aliphatic carbocycles. The highest BCUT2D eigenvalue weighted by Crippen LogP contribution is 2.22. The average Bonchev–Trinajstić information content (AvgIpc) is 2.47. The molecule has 0 spiro atoms. The van der Waals surface area contributed by atoms with Crippen molar-refractivity contribution in [1.29, 1.82) is 0 Å². The molecule has 2 unspecified atom stereocenters. The fourth-order valence-corrected chi connectivity index (χ4v) is 2.89. The Bertz CT molecular complexity index is 641. The highest BCUT2D eigenvalue weighted by Gasteiger charge is 2.19. The lowest BCUT2D eigenvalue weighted by Gasteiger charge is -2.21. The number of benzene rings is 2. The lowest BCUT2D eigenvalue weighted by atomic mass is 10.0. The van der Waals surface area contributed by atoms with E-state index in [1.54, 1.807) is 6.07 Å². The van der Waals surface area contributed by atoms with Gasteiger partial charge in [0.25, 0.3) is 5.91 Å². The molecule has 0 heterocycles. The predicted molar refractivity (Wildman–Crippen MR) is 89.7 cm³/mol. The molecule has 112 valence electrons. The van der Waals surface area contributed by atoms with Gasteiger partial charge in [0.05, 0.1) is 12.2 Å². The largest absolute Gasteiger partial charge is 0.398 e. The molecule has 2 aromatic carbocycles. The van der Waals surface area contributed by atoms with Crippen molar-refractivity contribution < 1.29 is 9.90 Å². The molecule has 4 nitrogen and oxygen atoms in total. The Kier molecular flexibility index (Phi) is 5.09. The molecule has 0 aromatic heterocycles. The maximum atomic E-state index is 12.4. The van der Waals surface area contributed by atoms with Gasteiger partial charge in [-0.3, -0.25) is 4.79 Å². The van der Waals surface area contributed by atoms with Crippen LogP contribution in [0, 0.1) is 0 Å². The van der Waals surface area contributed by atoms with Crippen molar-refractivity contribution >= 4 is 34.1 Å². The van der Waals surface area contributed by atoms with E-state index in [-0.39, 0.29) is 23.8 Å². The molecule has 0 saturated carbocycles. The Morgan fingerprint density at radius 1 is 1.33 bits per heavy atom. The summed E-state index contributed by atoms with van der Waals surface area (Å²) < 4.78 is 0. The maximum Gasteiger partial charge on any atom is 0.253 e. The van der Waals surface area contributed by atoms with E-state index in [0.717, 1.165) is 10.8 Å². The summed E-state index contributed by atoms with van der Waals surface area (Å²) in [4.78, 5) is 12.4. The van der Waals surface area contributed by atoms with Crippen molar-refractivity contribution in [2.45, 2.75) is 18.2 Å². The van der Waals surface area contributed by atoms with Gasteiger partial charge in [-0.15, -0.1) is 0 Å².